The van der Waals surface area contributed by atoms with Gasteiger partial charge in [-0.3, -0.25) is 9.69 Å². The number of aromatic nitrogens is 1. The summed E-state index contributed by atoms with van der Waals surface area (Å²) in [6.45, 7) is 3.14. The van der Waals surface area contributed by atoms with Crippen LogP contribution in [0.25, 0.3) is 10.9 Å². The van der Waals surface area contributed by atoms with E-state index < -0.39 is 0 Å². The fourth-order valence-corrected chi connectivity index (χ4v) is 5.46. The molecule has 0 amide bonds. The Morgan fingerprint density at radius 3 is 2.67 bits per heavy atom. The van der Waals surface area contributed by atoms with E-state index in [1.807, 2.05) is 23.9 Å². The number of piperidine rings is 1. The predicted molar refractivity (Wildman–Crippen MR) is 127 cm³/mol. The number of pyridine rings is 1. The molecule has 5 rings (SSSR count). The molecule has 0 spiro atoms. The van der Waals surface area contributed by atoms with Gasteiger partial charge in [0.1, 0.15) is 11.9 Å². The monoisotopic (exact) mass is 442 g/mol. The molecule has 0 aliphatic carbocycles. The Balaban J connectivity index is 0.00000218. The molecule has 4 nitrogen and oxygen atoms in total. The van der Waals surface area contributed by atoms with Crippen molar-refractivity contribution in [1.29, 1.82) is 0 Å². The van der Waals surface area contributed by atoms with E-state index in [0.717, 1.165) is 72.6 Å². The molecule has 1 aromatic heterocycles. The van der Waals surface area contributed by atoms with Crippen molar-refractivity contribution < 1.29 is 4.74 Å². The standard InChI is InChI=1S/C24H26N2O2S.ClH/c27-24-22-16-29-13-10-20(22)21-14-19(6-7-23(21)25-24)28-18-8-11-26(12-9-18)15-17-4-2-1-3-5-17;/h1-7,14,18H,8-13,15-16H2,(H,25,27);1H. The number of halogens is 1. The lowest BCUT2D eigenvalue weighted by atomic mass is 10.0. The van der Waals surface area contributed by atoms with Crippen molar-refractivity contribution in [3.8, 4) is 5.75 Å². The molecule has 2 aliphatic heterocycles. The second-order valence-corrected chi connectivity index (χ2v) is 9.11. The van der Waals surface area contributed by atoms with Crippen molar-refractivity contribution in [2.75, 3.05) is 18.8 Å². The lowest BCUT2D eigenvalue weighted by molar-refractivity contribution is 0.0969. The number of aryl methyl sites for hydroxylation is 1. The minimum atomic E-state index is 0. The molecule has 6 heteroatoms. The fourth-order valence-electron chi connectivity index (χ4n) is 4.46. The molecule has 158 valence electrons. The summed E-state index contributed by atoms with van der Waals surface area (Å²) in [6.07, 6.45) is 3.31. The Kier molecular flexibility index (Phi) is 6.71. The molecular weight excluding hydrogens is 416 g/mol. The van der Waals surface area contributed by atoms with Crippen LogP contribution in [0.4, 0.5) is 0 Å². The van der Waals surface area contributed by atoms with Crippen molar-refractivity contribution in [2.45, 2.75) is 37.7 Å². The summed E-state index contributed by atoms with van der Waals surface area (Å²) in [4.78, 5) is 17.9. The number of aromatic amines is 1. The van der Waals surface area contributed by atoms with Crippen LogP contribution in [0.15, 0.2) is 53.3 Å². The molecule has 2 aromatic carbocycles. The van der Waals surface area contributed by atoms with E-state index in [2.05, 4.69) is 46.3 Å². The van der Waals surface area contributed by atoms with Gasteiger partial charge in [0.05, 0.1) is 0 Å². The second-order valence-electron chi connectivity index (χ2n) is 8.00. The third kappa shape index (κ3) is 4.53. The van der Waals surface area contributed by atoms with Gasteiger partial charge < -0.3 is 9.72 Å². The van der Waals surface area contributed by atoms with E-state index in [-0.39, 0.29) is 24.1 Å². The Hall–Kier alpha value is -1.95. The van der Waals surface area contributed by atoms with Crippen LogP contribution in [0.5, 0.6) is 5.75 Å². The van der Waals surface area contributed by atoms with Gasteiger partial charge in [-0.25, -0.2) is 0 Å². The largest absolute Gasteiger partial charge is 0.490 e. The number of fused-ring (bicyclic) bond motifs is 3. The number of H-pyrrole nitrogens is 1. The Morgan fingerprint density at radius 2 is 1.87 bits per heavy atom. The van der Waals surface area contributed by atoms with Gasteiger partial charge in [0.25, 0.3) is 5.56 Å². The molecule has 1 N–H and O–H groups in total. The van der Waals surface area contributed by atoms with Gasteiger partial charge in [-0.1, -0.05) is 30.3 Å². The smallest absolute Gasteiger partial charge is 0.252 e. The molecule has 30 heavy (non-hydrogen) atoms. The number of nitrogens with one attached hydrogen (secondary N) is 1. The van der Waals surface area contributed by atoms with Crippen LogP contribution in [-0.4, -0.2) is 34.8 Å². The molecule has 0 bridgehead atoms. The molecule has 1 fully saturated rings. The van der Waals surface area contributed by atoms with Gasteiger partial charge in [-0.15, -0.1) is 12.4 Å². The number of hydrogen-bond donors (Lipinski definition) is 1. The Bertz CT molecular complexity index is 1060. The van der Waals surface area contributed by atoms with Gasteiger partial charge in [0.15, 0.2) is 0 Å². The van der Waals surface area contributed by atoms with Crippen molar-refractivity contribution in [3.63, 3.8) is 0 Å². The number of thioether (sulfide) groups is 1. The first-order valence-electron chi connectivity index (χ1n) is 10.4. The van der Waals surface area contributed by atoms with Crippen molar-refractivity contribution in [3.05, 3.63) is 75.6 Å². The van der Waals surface area contributed by atoms with Crippen molar-refractivity contribution in [1.82, 2.24) is 9.88 Å². The number of rotatable bonds is 4. The first-order chi connectivity index (χ1) is 14.3. The number of hydrogen-bond acceptors (Lipinski definition) is 4. The Morgan fingerprint density at radius 1 is 1.07 bits per heavy atom. The number of benzene rings is 2. The van der Waals surface area contributed by atoms with E-state index in [1.165, 1.54) is 11.1 Å². The fraction of sp³-hybridized carbons (Fsp3) is 0.375. The molecule has 0 radical (unpaired) electrons. The third-order valence-electron chi connectivity index (χ3n) is 6.03. The van der Waals surface area contributed by atoms with E-state index in [1.54, 1.807) is 0 Å². The lowest BCUT2D eigenvalue weighted by Gasteiger charge is -2.32. The van der Waals surface area contributed by atoms with Gasteiger partial charge in [0.2, 0.25) is 0 Å². The van der Waals surface area contributed by atoms with Crippen LogP contribution >= 0.6 is 24.2 Å². The highest BCUT2D eigenvalue weighted by Crippen LogP contribution is 2.30. The van der Waals surface area contributed by atoms with Crippen molar-refractivity contribution >= 4 is 35.1 Å². The first kappa shape index (κ1) is 21.3. The van der Waals surface area contributed by atoms with Crippen LogP contribution in [0.1, 0.15) is 29.5 Å². The number of ether oxygens (including phenoxy) is 1. The summed E-state index contributed by atoms with van der Waals surface area (Å²) in [7, 11) is 0. The van der Waals surface area contributed by atoms with Gasteiger partial charge in [-0.05, 0) is 54.3 Å². The first-order valence-corrected chi connectivity index (χ1v) is 11.6. The Labute approximate surface area is 187 Å². The number of nitrogens with zero attached hydrogens (tertiary/aromatic N) is 1. The van der Waals surface area contributed by atoms with Crippen LogP contribution < -0.4 is 10.3 Å². The molecule has 0 atom stereocenters. The van der Waals surface area contributed by atoms with Crippen LogP contribution in [0.2, 0.25) is 0 Å². The maximum absolute atomic E-state index is 12.3. The maximum atomic E-state index is 12.3. The van der Waals surface area contributed by atoms with E-state index in [0.29, 0.717) is 0 Å². The molecule has 0 unspecified atom stereocenters. The minimum Gasteiger partial charge on any atom is -0.490 e. The maximum Gasteiger partial charge on any atom is 0.252 e. The highest BCUT2D eigenvalue weighted by atomic mass is 35.5. The summed E-state index contributed by atoms with van der Waals surface area (Å²) < 4.78 is 6.36. The van der Waals surface area contributed by atoms with E-state index in [4.69, 9.17) is 4.74 Å². The summed E-state index contributed by atoms with van der Waals surface area (Å²) in [6, 6.07) is 16.8. The zero-order valence-corrected chi connectivity index (χ0v) is 18.6. The van der Waals surface area contributed by atoms with Gasteiger partial charge in [0, 0.05) is 41.9 Å². The summed E-state index contributed by atoms with van der Waals surface area (Å²) in [5.74, 6) is 2.81. The van der Waals surface area contributed by atoms with E-state index in [9.17, 15) is 4.79 Å². The van der Waals surface area contributed by atoms with Gasteiger partial charge >= 0.3 is 0 Å². The highest BCUT2D eigenvalue weighted by Gasteiger charge is 2.22. The summed E-state index contributed by atoms with van der Waals surface area (Å²) in [5, 5.41) is 1.15. The van der Waals surface area contributed by atoms with Crippen LogP contribution in [-0.2, 0) is 18.7 Å². The average Bonchev–Trinajstić information content (AvgIpc) is 2.77. The summed E-state index contributed by atoms with van der Waals surface area (Å²) in [5.41, 5.74) is 4.52. The zero-order valence-electron chi connectivity index (χ0n) is 16.9. The molecule has 1 saturated heterocycles. The summed E-state index contributed by atoms with van der Waals surface area (Å²) >= 11 is 1.84. The van der Waals surface area contributed by atoms with Crippen molar-refractivity contribution in [2.24, 2.45) is 0 Å². The third-order valence-corrected chi connectivity index (χ3v) is 7.02. The zero-order chi connectivity index (χ0) is 19.6. The quantitative estimate of drug-likeness (QED) is 0.631. The molecule has 2 aliphatic rings. The molecule has 3 heterocycles. The topological polar surface area (TPSA) is 45.3 Å². The minimum absolute atomic E-state index is 0. The molecule has 3 aromatic rings. The SMILES string of the molecule is Cl.O=c1[nH]c2ccc(OC3CCN(Cc4ccccc4)CC3)cc2c2c1CSCC2. The van der Waals surface area contributed by atoms with Gasteiger partial charge in [-0.2, -0.15) is 11.8 Å². The predicted octanol–water partition coefficient (Wildman–Crippen LogP) is 4.78. The van der Waals surface area contributed by atoms with Crippen LogP contribution in [0.3, 0.4) is 0 Å². The lowest BCUT2D eigenvalue weighted by Crippen LogP contribution is -2.37. The van der Waals surface area contributed by atoms with E-state index >= 15 is 0 Å². The molecule has 0 saturated carbocycles. The molecular formula is C24H27ClN2O2S. The normalized spacial score (nSPS) is 17.3. The average molecular weight is 443 g/mol. The van der Waals surface area contributed by atoms with Crippen LogP contribution in [0, 0.1) is 0 Å². The highest BCUT2D eigenvalue weighted by molar-refractivity contribution is 7.98. The number of likely N-dealkylation sites (tertiary alicyclic amines) is 1. The second kappa shape index (κ2) is 9.46.